The van der Waals surface area contributed by atoms with E-state index < -0.39 is 12.1 Å². The van der Waals surface area contributed by atoms with Crippen LogP contribution in [0.4, 0.5) is 0 Å². The predicted molar refractivity (Wildman–Crippen MR) is 96.7 cm³/mol. The molecule has 0 aromatic heterocycles. The lowest BCUT2D eigenvalue weighted by molar-refractivity contribution is -0.145. The van der Waals surface area contributed by atoms with Crippen molar-refractivity contribution in [2.75, 3.05) is 0 Å². The van der Waals surface area contributed by atoms with E-state index in [1.165, 1.54) is 18.4 Å². The van der Waals surface area contributed by atoms with E-state index in [2.05, 4.69) is 19.1 Å². The zero-order chi connectivity index (χ0) is 17.5. The molecule has 1 unspecified atom stereocenters. The van der Waals surface area contributed by atoms with Gasteiger partial charge in [0.1, 0.15) is 5.75 Å². The molecule has 0 spiro atoms. The number of benzene rings is 2. The fourth-order valence-corrected chi connectivity index (χ4v) is 2.78. The summed E-state index contributed by atoms with van der Waals surface area (Å²) in [4.78, 5) is 11.6. The summed E-state index contributed by atoms with van der Waals surface area (Å²) in [5.41, 5.74) is 4.40. The quantitative estimate of drug-likeness (QED) is 0.763. The molecule has 1 atom stereocenters. The van der Waals surface area contributed by atoms with Crippen LogP contribution in [0.5, 0.6) is 5.75 Å². The molecule has 0 saturated carbocycles. The second-order valence-corrected chi connectivity index (χ2v) is 6.39. The van der Waals surface area contributed by atoms with Crippen LogP contribution in [0.3, 0.4) is 0 Å². The number of carboxylic acid groups (broad SMARTS) is 1. The first-order valence-corrected chi connectivity index (χ1v) is 8.53. The van der Waals surface area contributed by atoms with Crippen molar-refractivity contribution in [1.82, 2.24) is 0 Å². The molecular weight excluding hydrogens is 300 g/mol. The van der Waals surface area contributed by atoms with Crippen LogP contribution >= 0.6 is 0 Å². The van der Waals surface area contributed by atoms with Gasteiger partial charge in [0.2, 0.25) is 0 Å². The summed E-state index contributed by atoms with van der Waals surface area (Å²) >= 11 is 0. The molecule has 0 aliphatic rings. The lowest BCUT2D eigenvalue weighted by Crippen LogP contribution is -2.29. The third-order valence-corrected chi connectivity index (χ3v) is 4.01. The highest BCUT2D eigenvalue weighted by molar-refractivity contribution is 5.73. The summed E-state index contributed by atoms with van der Waals surface area (Å²) in [7, 11) is 0. The molecule has 2 rings (SSSR count). The Morgan fingerprint density at radius 1 is 1.04 bits per heavy atom. The van der Waals surface area contributed by atoms with Crippen molar-refractivity contribution < 1.29 is 14.6 Å². The number of aliphatic carboxylic acids is 1. The molecule has 0 bridgehead atoms. The second kappa shape index (κ2) is 8.53. The van der Waals surface area contributed by atoms with Crippen LogP contribution in [0.1, 0.15) is 42.0 Å². The Hall–Kier alpha value is -2.29. The third-order valence-electron chi connectivity index (χ3n) is 4.01. The summed E-state index contributed by atoms with van der Waals surface area (Å²) in [6, 6.07) is 14.0. The molecule has 0 amide bonds. The molecule has 2 aromatic carbocycles. The molecule has 0 heterocycles. The van der Waals surface area contributed by atoms with E-state index in [0.717, 1.165) is 23.1 Å². The fourth-order valence-electron chi connectivity index (χ4n) is 2.78. The van der Waals surface area contributed by atoms with Crippen molar-refractivity contribution >= 4 is 5.97 Å². The average molecular weight is 326 g/mol. The molecule has 0 saturated heterocycles. The average Bonchev–Trinajstić information content (AvgIpc) is 2.52. The molecule has 24 heavy (non-hydrogen) atoms. The number of carbonyl (C=O) groups is 1. The number of rotatable bonds is 8. The summed E-state index contributed by atoms with van der Waals surface area (Å²) in [6.07, 6.45) is 2.89. The minimum absolute atomic E-state index is 0.358. The third kappa shape index (κ3) is 5.41. The van der Waals surface area contributed by atoms with Crippen molar-refractivity contribution in [3.63, 3.8) is 0 Å². The van der Waals surface area contributed by atoms with E-state index >= 15 is 0 Å². The first-order chi connectivity index (χ1) is 11.5. The SMILES string of the molecule is CCCCc1ccc(CC(Oc2cc(C)cc(C)c2)C(=O)O)cc1. The number of aryl methyl sites for hydroxylation is 3. The Balaban J connectivity index is 2.06. The lowest BCUT2D eigenvalue weighted by Gasteiger charge is -2.16. The molecule has 2 aromatic rings. The number of unbranched alkanes of at least 4 members (excludes halogenated alkanes) is 1. The monoisotopic (exact) mass is 326 g/mol. The van der Waals surface area contributed by atoms with E-state index in [-0.39, 0.29) is 0 Å². The van der Waals surface area contributed by atoms with Crippen molar-refractivity contribution in [3.8, 4) is 5.75 Å². The number of carboxylic acids is 1. The zero-order valence-corrected chi connectivity index (χ0v) is 14.7. The van der Waals surface area contributed by atoms with Gasteiger partial charge < -0.3 is 9.84 Å². The van der Waals surface area contributed by atoms with E-state index in [0.29, 0.717) is 12.2 Å². The molecule has 0 fully saturated rings. The standard InChI is InChI=1S/C21H26O3/c1-4-5-6-17-7-9-18(10-8-17)14-20(21(22)23)24-19-12-15(2)11-16(3)13-19/h7-13,20H,4-6,14H2,1-3H3,(H,22,23). The normalized spacial score (nSPS) is 12.0. The highest BCUT2D eigenvalue weighted by Gasteiger charge is 2.20. The topological polar surface area (TPSA) is 46.5 Å². The van der Waals surface area contributed by atoms with Gasteiger partial charge in [0, 0.05) is 6.42 Å². The van der Waals surface area contributed by atoms with Gasteiger partial charge in [-0.25, -0.2) is 4.79 Å². The first kappa shape index (κ1) is 18.1. The first-order valence-electron chi connectivity index (χ1n) is 8.53. The van der Waals surface area contributed by atoms with E-state index in [4.69, 9.17) is 4.74 Å². The minimum Gasteiger partial charge on any atom is -0.478 e. The van der Waals surface area contributed by atoms with Crippen LogP contribution in [0.25, 0.3) is 0 Å². The van der Waals surface area contributed by atoms with Gasteiger partial charge in [-0.05, 0) is 61.1 Å². The zero-order valence-electron chi connectivity index (χ0n) is 14.7. The van der Waals surface area contributed by atoms with Crippen LogP contribution in [0.2, 0.25) is 0 Å². The van der Waals surface area contributed by atoms with Gasteiger partial charge in [-0.15, -0.1) is 0 Å². The minimum atomic E-state index is -0.941. The van der Waals surface area contributed by atoms with Crippen molar-refractivity contribution in [2.24, 2.45) is 0 Å². The second-order valence-electron chi connectivity index (χ2n) is 6.39. The van der Waals surface area contributed by atoms with Gasteiger partial charge in [0.15, 0.2) is 6.10 Å². The van der Waals surface area contributed by atoms with Gasteiger partial charge in [0.05, 0.1) is 0 Å². The Morgan fingerprint density at radius 3 is 2.17 bits per heavy atom. The molecule has 128 valence electrons. The molecular formula is C21H26O3. The molecule has 0 aliphatic carbocycles. The van der Waals surface area contributed by atoms with Gasteiger partial charge in [-0.3, -0.25) is 0 Å². The molecule has 1 N–H and O–H groups in total. The maximum Gasteiger partial charge on any atom is 0.345 e. The van der Waals surface area contributed by atoms with Gasteiger partial charge >= 0.3 is 5.97 Å². The van der Waals surface area contributed by atoms with Crippen LogP contribution < -0.4 is 4.74 Å². The number of hydrogen-bond donors (Lipinski definition) is 1. The molecule has 0 radical (unpaired) electrons. The van der Waals surface area contributed by atoms with Crippen LogP contribution in [-0.4, -0.2) is 17.2 Å². The Bertz CT molecular complexity index is 654. The van der Waals surface area contributed by atoms with E-state index in [1.807, 2.05) is 44.2 Å². The summed E-state index contributed by atoms with van der Waals surface area (Å²) in [6.45, 7) is 6.13. The summed E-state index contributed by atoms with van der Waals surface area (Å²) in [5, 5.41) is 9.48. The van der Waals surface area contributed by atoms with Gasteiger partial charge in [-0.1, -0.05) is 43.7 Å². The molecule has 3 heteroatoms. The number of hydrogen-bond acceptors (Lipinski definition) is 2. The van der Waals surface area contributed by atoms with Gasteiger partial charge in [-0.2, -0.15) is 0 Å². The largest absolute Gasteiger partial charge is 0.478 e. The summed E-state index contributed by atoms with van der Waals surface area (Å²) < 4.78 is 5.74. The van der Waals surface area contributed by atoms with Gasteiger partial charge in [0.25, 0.3) is 0 Å². The smallest absolute Gasteiger partial charge is 0.345 e. The maximum absolute atomic E-state index is 11.6. The summed E-state index contributed by atoms with van der Waals surface area (Å²) in [5.74, 6) is -0.330. The highest BCUT2D eigenvalue weighted by atomic mass is 16.5. The Kier molecular flexibility index (Phi) is 6.42. The number of ether oxygens (including phenoxy) is 1. The highest BCUT2D eigenvalue weighted by Crippen LogP contribution is 2.19. The fraction of sp³-hybridized carbons (Fsp3) is 0.381. The predicted octanol–water partition coefficient (Wildman–Crippen LogP) is 4.72. The lowest BCUT2D eigenvalue weighted by atomic mass is 10.0. The van der Waals surface area contributed by atoms with Crippen molar-refractivity contribution in [2.45, 2.75) is 52.6 Å². The van der Waals surface area contributed by atoms with Crippen molar-refractivity contribution in [3.05, 3.63) is 64.7 Å². The Morgan fingerprint density at radius 2 is 1.62 bits per heavy atom. The van der Waals surface area contributed by atoms with E-state index in [1.54, 1.807) is 0 Å². The van der Waals surface area contributed by atoms with Crippen LogP contribution in [0.15, 0.2) is 42.5 Å². The molecule has 3 nitrogen and oxygen atoms in total. The Labute approximate surface area is 144 Å². The van der Waals surface area contributed by atoms with E-state index in [9.17, 15) is 9.90 Å². The maximum atomic E-state index is 11.6. The molecule has 0 aliphatic heterocycles. The van der Waals surface area contributed by atoms with Crippen molar-refractivity contribution in [1.29, 1.82) is 0 Å². The van der Waals surface area contributed by atoms with Crippen LogP contribution in [-0.2, 0) is 17.6 Å². The van der Waals surface area contributed by atoms with Crippen LogP contribution in [0, 0.1) is 13.8 Å².